The molecule has 0 aliphatic heterocycles. The van der Waals surface area contributed by atoms with Gasteiger partial charge in [-0.05, 0) is 55.4 Å². The molecule has 0 aliphatic carbocycles. The Bertz CT molecular complexity index is 492. The first-order valence-corrected chi connectivity index (χ1v) is 8.96. The maximum atomic E-state index is 12.0. The number of esters is 2. The van der Waals surface area contributed by atoms with Gasteiger partial charge in [-0.2, -0.15) is 0 Å². The Morgan fingerprint density at radius 1 is 0.679 bits per heavy atom. The molecule has 0 saturated heterocycles. The van der Waals surface area contributed by atoms with Crippen LogP contribution in [0.1, 0.15) is 55.4 Å². The number of carbonyl (C=O) groups is 2. The Kier molecular flexibility index (Phi) is 9.71. The van der Waals surface area contributed by atoms with Gasteiger partial charge in [0.1, 0.15) is 24.9 Å². The molecule has 4 N–H and O–H groups in total. The van der Waals surface area contributed by atoms with Crippen LogP contribution in [0.4, 0.5) is 0 Å². The third kappa shape index (κ3) is 7.82. The molecule has 0 aromatic rings. The van der Waals surface area contributed by atoms with E-state index in [2.05, 4.69) is 0 Å². The standard InChI is InChI=1S/C18H34N2O8/c1-11(21)19(12(2)22)17(5,6)27-15(25)9-10-16(26)28-18(7,8)20(13(3)23)14(4)24/h9-14,21-24H,1-8H3/b10-9-. The summed E-state index contributed by atoms with van der Waals surface area (Å²) in [6, 6.07) is 0. The molecule has 0 radical (unpaired) electrons. The first-order chi connectivity index (χ1) is 12.5. The lowest BCUT2D eigenvalue weighted by molar-refractivity contribution is -0.228. The highest BCUT2D eigenvalue weighted by Crippen LogP contribution is 2.22. The molecule has 0 aromatic heterocycles. The minimum atomic E-state index is -1.36. The second-order valence-electron chi connectivity index (χ2n) is 7.41. The predicted molar refractivity (Wildman–Crippen MR) is 99.9 cm³/mol. The minimum Gasteiger partial charge on any atom is -0.441 e. The number of aliphatic hydroxyl groups excluding tert-OH is 4. The normalized spacial score (nSPS) is 17.5. The summed E-state index contributed by atoms with van der Waals surface area (Å²) in [6.07, 6.45) is -2.68. The largest absolute Gasteiger partial charge is 0.441 e. The van der Waals surface area contributed by atoms with E-state index in [1.165, 1.54) is 55.4 Å². The molecule has 10 nitrogen and oxygen atoms in total. The molecular weight excluding hydrogens is 372 g/mol. The highest BCUT2D eigenvalue weighted by Gasteiger charge is 2.37. The van der Waals surface area contributed by atoms with E-state index in [1.807, 2.05) is 0 Å². The molecule has 0 saturated carbocycles. The van der Waals surface area contributed by atoms with Crippen molar-refractivity contribution in [3.63, 3.8) is 0 Å². The van der Waals surface area contributed by atoms with Crippen molar-refractivity contribution in [3.05, 3.63) is 12.2 Å². The molecule has 164 valence electrons. The minimum absolute atomic E-state index is 0.845. The molecule has 28 heavy (non-hydrogen) atoms. The smallest absolute Gasteiger partial charge is 0.332 e. The summed E-state index contributed by atoms with van der Waals surface area (Å²) in [5.74, 6) is -1.79. The zero-order chi connectivity index (χ0) is 22.4. The van der Waals surface area contributed by atoms with Crippen molar-refractivity contribution >= 4 is 11.9 Å². The monoisotopic (exact) mass is 406 g/mol. The van der Waals surface area contributed by atoms with Crippen molar-refractivity contribution in [2.24, 2.45) is 0 Å². The zero-order valence-corrected chi connectivity index (χ0v) is 17.8. The number of hydrogen-bond acceptors (Lipinski definition) is 10. The Hall–Kier alpha value is -1.56. The third-order valence-corrected chi connectivity index (χ3v) is 3.91. The van der Waals surface area contributed by atoms with Gasteiger partial charge in [0.2, 0.25) is 0 Å². The lowest BCUT2D eigenvalue weighted by Crippen LogP contribution is -2.55. The molecule has 0 aromatic carbocycles. The van der Waals surface area contributed by atoms with Crippen LogP contribution in [0.2, 0.25) is 0 Å². The predicted octanol–water partition coefficient (Wildman–Crippen LogP) is 0.0584. The van der Waals surface area contributed by atoms with Crippen molar-refractivity contribution in [1.29, 1.82) is 0 Å². The van der Waals surface area contributed by atoms with Gasteiger partial charge < -0.3 is 29.9 Å². The highest BCUT2D eigenvalue weighted by molar-refractivity contribution is 5.91. The SMILES string of the molecule is CC(O)N(C(C)O)C(C)(C)OC(=O)/C=C\C(=O)OC(C)(C)N(C(C)O)C(C)O. The van der Waals surface area contributed by atoms with Gasteiger partial charge in [-0.25, -0.2) is 19.4 Å². The van der Waals surface area contributed by atoms with Gasteiger partial charge in [0, 0.05) is 12.2 Å². The van der Waals surface area contributed by atoms with Gasteiger partial charge in [0.05, 0.1) is 0 Å². The van der Waals surface area contributed by atoms with Crippen LogP contribution < -0.4 is 0 Å². The molecule has 0 spiro atoms. The second-order valence-corrected chi connectivity index (χ2v) is 7.41. The molecule has 4 atom stereocenters. The first kappa shape index (κ1) is 26.4. The fraction of sp³-hybridized carbons (Fsp3) is 0.778. The van der Waals surface area contributed by atoms with E-state index in [0.717, 1.165) is 22.0 Å². The molecule has 0 bridgehead atoms. The van der Waals surface area contributed by atoms with E-state index < -0.39 is 48.3 Å². The fourth-order valence-corrected chi connectivity index (χ4v) is 3.23. The van der Waals surface area contributed by atoms with Crippen molar-refractivity contribution < 1.29 is 39.5 Å². The Morgan fingerprint density at radius 2 is 0.893 bits per heavy atom. The van der Waals surface area contributed by atoms with E-state index >= 15 is 0 Å². The lowest BCUT2D eigenvalue weighted by atomic mass is 10.2. The number of nitrogens with zero attached hydrogens (tertiary/aromatic N) is 2. The second kappa shape index (κ2) is 10.3. The van der Waals surface area contributed by atoms with Gasteiger partial charge in [-0.3, -0.25) is 0 Å². The highest BCUT2D eigenvalue weighted by atomic mass is 16.6. The van der Waals surface area contributed by atoms with E-state index in [0.29, 0.717) is 0 Å². The molecule has 0 aliphatic rings. The average molecular weight is 406 g/mol. The molecule has 0 heterocycles. The summed E-state index contributed by atoms with van der Waals surface area (Å²) in [7, 11) is 0. The van der Waals surface area contributed by atoms with Gasteiger partial charge in [0.25, 0.3) is 0 Å². The summed E-state index contributed by atoms with van der Waals surface area (Å²) >= 11 is 0. The quantitative estimate of drug-likeness (QED) is 0.224. The molecule has 10 heteroatoms. The van der Waals surface area contributed by atoms with E-state index in [4.69, 9.17) is 9.47 Å². The Morgan fingerprint density at radius 3 is 1.07 bits per heavy atom. The van der Waals surface area contributed by atoms with Crippen LogP contribution in [-0.4, -0.2) is 78.5 Å². The summed E-state index contributed by atoms with van der Waals surface area (Å²) in [6.45, 7) is 11.5. The van der Waals surface area contributed by atoms with Gasteiger partial charge >= 0.3 is 11.9 Å². The van der Waals surface area contributed by atoms with E-state index in [9.17, 15) is 30.0 Å². The zero-order valence-electron chi connectivity index (χ0n) is 17.8. The summed E-state index contributed by atoms with van der Waals surface area (Å²) < 4.78 is 10.4. The van der Waals surface area contributed by atoms with Gasteiger partial charge in [-0.15, -0.1) is 0 Å². The maximum absolute atomic E-state index is 12.0. The molecule has 0 amide bonds. The third-order valence-electron chi connectivity index (χ3n) is 3.91. The molecule has 4 unspecified atom stereocenters. The molecule has 0 fully saturated rings. The van der Waals surface area contributed by atoms with E-state index in [1.54, 1.807) is 0 Å². The van der Waals surface area contributed by atoms with Crippen LogP contribution >= 0.6 is 0 Å². The van der Waals surface area contributed by atoms with Crippen LogP contribution in [0.3, 0.4) is 0 Å². The van der Waals surface area contributed by atoms with Crippen molar-refractivity contribution in [2.75, 3.05) is 0 Å². The van der Waals surface area contributed by atoms with Crippen LogP contribution in [0.25, 0.3) is 0 Å². The number of rotatable bonds is 10. The van der Waals surface area contributed by atoms with Gasteiger partial charge in [-0.1, -0.05) is 0 Å². The summed E-state index contributed by atoms with van der Waals surface area (Å²) in [4.78, 5) is 26.4. The van der Waals surface area contributed by atoms with Crippen molar-refractivity contribution in [2.45, 2.75) is 91.8 Å². The average Bonchev–Trinajstić information content (AvgIpc) is 2.40. The number of carbonyl (C=O) groups excluding carboxylic acids is 2. The fourth-order valence-electron chi connectivity index (χ4n) is 3.23. The summed E-state index contributed by atoms with van der Waals surface area (Å²) in [5.41, 5.74) is -2.72. The van der Waals surface area contributed by atoms with Gasteiger partial charge in [0.15, 0.2) is 11.4 Å². The Labute approximate surface area is 166 Å². The van der Waals surface area contributed by atoms with Crippen LogP contribution in [-0.2, 0) is 19.1 Å². The molecular formula is C18H34N2O8. The van der Waals surface area contributed by atoms with Crippen molar-refractivity contribution in [1.82, 2.24) is 9.80 Å². The van der Waals surface area contributed by atoms with E-state index in [-0.39, 0.29) is 0 Å². The van der Waals surface area contributed by atoms with Crippen LogP contribution in [0.15, 0.2) is 12.2 Å². The maximum Gasteiger partial charge on any atom is 0.332 e. The Balaban J connectivity index is 5.09. The van der Waals surface area contributed by atoms with Crippen LogP contribution in [0.5, 0.6) is 0 Å². The topological polar surface area (TPSA) is 140 Å². The summed E-state index contributed by atoms with van der Waals surface area (Å²) in [5, 5.41) is 39.0. The van der Waals surface area contributed by atoms with Crippen LogP contribution in [0, 0.1) is 0 Å². The van der Waals surface area contributed by atoms with Crippen molar-refractivity contribution in [3.8, 4) is 0 Å². The number of hydrogen-bond donors (Lipinski definition) is 4. The lowest BCUT2D eigenvalue weighted by Gasteiger charge is -2.41. The number of ether oxygens (including phenoxy) is 2. The number of aliphatic hydroxyl groups is 4. The molecule has 0 rings (SSSR count). The first-order valence-electron chi connectivity index (χ1n) is 8.96.